The summed E-state index contributed by atoms with van der Waals surface area (Å²) in [5.41, 5.74) is 0.970. The predicted molar refractivity (Wildman–Crippen MR) is 98.3 cm³/mol. The number of aliphatic hydroxyl groups excluding tert-OH is 1. The number of nitrogens with one attached hydrogen (secondary N) is 2. The van der Waals surface area contributed by atoms with E-state index in [2.05, 4.69) is 15.5 Å². The third-order valence-electron chi connectivity index (χ3n) is 4.68. The van der Waals surface area contributed by atoms with Crippen molar-refractivity contribution in [3.63, 3.8) is 0 Å². The lowest BCUT2D eigenvalue weighted by Crippen LogP contribution is -2.42. The molecular weight excluding hydrogens is 318 g/mol. The third-order valence-corrected chi connectivity index (χ3v) is 4.68. The molecule has 1 aliphatic rings. The highest BCUT2D eigenvalue weighted by atomic mass is 16.5. The molecule has 25 heavy (non-hydrogen) atoms. The summed E-state index contributed by atoms with van der Waals surface area (Å²) in [4.78, 5) is 14.1. The number of likely N-dealkylation sites (tertiary alicyclic amines) is 1. The van der Waals surface area contributed by atoms with Crippen LogP contribution in [0, 0.1) is 5.92 Å². The second kappa shape index (κ2) is 11.2. The molecule has 0 spiro atoms. The molecule has 0 bridgehead atoms. The van der Waals surface area contributed by atoms with Crippen LogP contribution >= 0.6 is 0 Å². The van der Waals surface area contributed by atoms with Crippen LogP contribution in [0.25, 0.3) is 0 Å². The first kappa shape index (κ1) is 19.8. The van der Waals surface area contributed by atoms with Gasteiger partial charge < -0.3 is 25.4 Å². The zero-order valence-electron chi connectivity index (χ0n) is 15.1. The smallest absolute Gasteiger partial charge is 0.233 e. The van der Waals surface area contributed by atoms with Gasteiger partial charge in [-0.15, -0.1) is 0 Å². The van der Waals surface area contributed by atoms with Crippen molar-refractivity contribution in [2.75, 3.05) is 53.0 Å². The Morgan fingerprint density at radius 1 is 1.32 bits per heavy atom. The molecule has 1 heterocycles. The summed E-state index contributed by atoms with van der Waals surface area (Å²) in [5, 5.41) is 16.4. The molecule has 3 N–H and O–H groups in total. The van der Waals surface area contributed by atoms with Crippen LogP contribution in [-0.2, 0) is 9.53 Å². The number of methoxy groups -OCH3 is 1. The van der Waals surface area contributed by atoms with Crippen LogP contribution in [-0.4, -0.2) is 68.9 Å². The first-order valence-corrected chi connectivity index (χ1v) is 9.10. The maximum Gasteiger partial charge on any atom is 0.233 e. The monoisotopic (exact) mass is 349 g/mol. The van der Waals surface area contributed by atoms with Crippen molar-refractivity contribution in [2.24, 2.45) is 5.92 Å². The van der Waals surface area contributed by atoms with Gasteiger partial charge in [-0.3, -0.25) is 4.79 Å². The normalized spacial score (nSPS) is 17.4. The fourth-order valence-electron chi connectivity index (χ4n) is 3.10. The van der Waals surface area contributed by atoms with Crippen LogP contribution in [0.3, 0.4) is 0 Å². The molecule has 1 atom stereocenters. The van der Waals surface area contributed by atoms with Gasteiger partial charge in [-0.2, -0.15) is 0 Å². The van der Waals surface area contributed by atoms with E-state index in [0.717, 1.165) is 38.0 Å². The zero-order valence-corrected chi connectivity index (χ0v) is 15.1. The topological polar surface area (TPSA) is 73.8 Å². The number of amides is 1. The van der Waals surface area contributed by atoms with E-state index in [4.69, 9.17) is 4.74 Å². The van der Waals surface area contributed by atoms with Gasteiger partial charge in [0.25, 0.3) is 0 Å². The minimum Gasteiger partial charge on any atom is -0.387 e. The molecule has 1 aromatic carbocycles. The summed E-state index contributed by atoms with van der Waals surface area (Å²) >= 11 is 0. The number of aliphatic hydroxyl groups is 1. The van der Waals surface area contributed by atoms with Gasteiger partial charge in [-0.1, -0.05) is 30.3 Å². The number of hydrogen-bond acceptors (Lipinski definition) is 5. The van der Waals surface area contributed by atoms with Crippen LogP contribution in [0.15, 0.2) is 30.3 Å². The van der Waals surface area contributed by atoms with Crippen LogP contribution in [0.1, 0.15) is 24.5 Å². The highest BCUT2D eigenvalue weighted by Crippen LogP contribution is 2.20. The van der Waals surface area contributed by atoms with E-state index in [1.807, 2.05) is 30.3 Å². The van der Waals surface area contributed by atoms with Gasteiger partial charge >= 0.3 is 0 Å². The maximum atomic E-state index is 11.8. The number of hydrogen-bond donors (Lipinski definition) is 3. The van der Waals surface area contributed by atoms with Gasteiger partial charge in [0.05, 0.1) is 19.3 Å². The van der Waals surface area contributed by atoms with E-state index in [-0.39, 0.29) is 5.91 Å². The summed E-state index contributed by atoms with van der Waals surface area (Å²) < 4.78 is 4.93. The van der Waals surface area contributed by atoms with Gasteiger partial charge in [0.15, 0.2) is 0 Å². The quantitative estimate of drug-likeness (QED) is 0.545. The third kappa shape index (κ3) is 7.52. The van der Waals surface area contributed by atoms with Crippen molar-refractivity contribution in [1.82, 2.24) is 15.5 Å². The number of benzene rings is 1. The Hall–Kier alpha value is -1.47. The summed E-state index contributed by atoms with van der Waals surface area (Å²) in [7, 11) is 1.65. The number of carbonyl (C=O) groups is 1. The van der Waals surface area contributed by atoms with Gasteiger partial charge in [0.2, 0.25) is 5.91 Å². The van der Waals surface area contributed by atoms with Gasteiger partial charge in [-0.25, -0.2) is 0 Å². The summed E-state index contributed by atoms with van der Waals surface area (Å²) in [6, 6.07) is 9.81. The first-order chi connectivity index (χ1) is 12.2. The summed E-state index contributed by atoms with van der Waals surface area (Å²) in [6.07, 6.45) is 1.67. The number of carbonyl (C=O) groups excluding carboxylic acids is 1. The van der Waals surface area contributed by atoms with Crippen molar-refractivity contribution in [3.8, 4) is 0 Å². The SMILES string of the molecule is COCCNCC(=O)NCC1CCN(CC(O)c2ccccc2)CC1. The van der Waals surface area contributed by atoms with Gasteiger partial charge in [-0.05, 0) is 37.4 Å². The standard InChI is InChI=1S/C19H31N3O3/c1-25-12-9-20-14-19(24)21-13-16-7-10-22(11-8-16)15-18(23)17-5-3-2-4-6-17/h2-6,16,18,20,23H,7-15H2,1H3,(H,21,24). The molecule has 0 aromatic heterocycles. The maximum absolute atomic E-state index is 11.8. The van der Waals surface area contributed by atoms with Crippen molar-refractivity contribution < 1.29 is 14.6 Å². The molecule has 140 valence electrons. The van der Waals surface area contributed by atoms with E-state index < -0.39 is 6.10 Å². The second-order valence-electron chi connectivity index (χ2n) is 6.64. The minimum atomic E-state index is -0.435. The highest BCUT2D eigenvalue weighted by Gasteiger charge is 2.21. The molecule has 1 fully saturated rings. The molecule has 6 nitrogen and oxygen atoms in total. The van der Waals surface area contributed by atoms with E-state index in [1.165, 1.54) is 0 Å². The molecule has 1 saturated heterocycles. The second-order valence-corrected chi connectivity index (χ2v) is 6.64. The Balaban J connectivity index is 1.59. The lowest BCUT2D eigenvalue weighted by Gasteiger charge is -2.33. The van der Waals surface area contributed by atoms with E-state index in [0.29, 0.717) is 32.2 Å². The Morgan fingerprint density at radius 3 is 2.72 bits per heavy atom. The van der Waals surface area contributed by atoms with Crippen molar-refractivity contribution >= 4 is 5.91 Å². The lowest BCUT2D eigenvalue weighted by atomic mass is 9.96. The van der Waals surface area contributed by atoms with Crippen LogP contribution in [0.5, 0.6) is 0 Å². The average Bonchev–Trinajstić information content (AvgIpc) is 2.65. The Bertz CT molecular complexity index is 490. The molecule has 1 aliphatic heterocycles. The largest absolute Gasteiger partial charge is 0.387 e. The molecule has 0 aliphatic carbocycles. The van der Waals surface area contributed by atoms with Crippen LogP contribution in [0.4, 0.5) is 0 Å². The first-order valence-electron chi connectivity index (χ1n) is 9.10. The fourth-order valence-corrected chi connectivity index (χ4v) is 3.10. The average molecular weight is 349 g/mol. The highest BCUT2D eigenvalue weighted by molar-refractivity contribution is 5.77. The van der Waals surface area contributed by atoms with Crippen LogP contribution < -0.4 is 10.6 Å². The van der Waals surface area contributed by atoms with Gasteiger partial charge in [0, 0.05) is 26.7 Å². The number of β-amino-alcohol motifs (C(OH)–C–C–N with tert-alkyl or cyclic N) is 1. The predicted octanol–water partition coefficient (Wildman–Crippen LogP) is 0.784. The molecule has 0 saturated carbocycles. The minimum absolute atomic E-state index is 0.0398. The number of nitrogens with zero attached hydrogens (tertiary/aromatic N) is 1. The zero-order chi connectivity index (χ0) is 17.9. The summed E-state index contributed by atoms with van der Waals surface area (Å²) in [5.74, 6) is 0.561. The number of piperidine rings is 1. The van der Waals surface area contributed by atoms with Crippen molar-refractivity contribution in [2.45, 2.75) is 18.9 Å². The fraction of sp³-hybridized carbons (Fsp3) is 0.632. The molecule has 6 heteroatoms. The van der Waals surface area contributed by atoms with E-state index >= 15 is 0 Å². The van der Waals surface area contributed by atoms with E-state index in [1.54, 1.807) is 7.11 Å². The number of rotatable bonds is 10. The molecule has 1 aromatic rings. The molecule has 1 amide bonds. The Labute approximate surface area is 150 Å². The molecule has 1 unspecified atom stereocenters. The lowest BCUT2D eigenvalue weighted by molar-refractivity contribution is -0.120. The van der Waals surface area contributed by atoms with Gasteiger partial charge in [0.1, 0.15) is 0 Å². The van der Waals surface area contributed by atoms with Crippen LogP contribution in [0.2, 0.25) is 0 Å². The van der Waals surface area contributed by atoms with E-state index in [9.17, 15) is 9.90 Å². The summed E-state index contributed by atoms with van der Waals surface area (Å²) in [6.45, 7) is 4.98. The Kier molecular flexibility index (Phi) is 8.90. The van der Waals surface area contributed by atoms with Crippen molar-refractivity contribution in [3.05, 3.63) is 35.9 Å². The molecule has 2 rings (SSSR count). The molecular formula is C19H31N3O3. The van der Waals surface area contributed by atoms with Crippen molar-refractivity contribution in [1.29, 1.82) is 0 Å². The number of ether oxygens (including phenoxy) is 1. The molecule has 0 radical (unpaired) electrons. The Morgan fingerprint density at radius 2 is 2.04 bits per heavy atom.